The van der Waals surface area contributed by atoms with Crippen LogP contribution >= 0.6 is 0 Å². The van der Waals surface area contributed by atoms with Crippen molar-refractivity contribution in [1.82, 2.24) is 4.90 Å². The maximum Gasteiger partial charge on any atom is 0.136 e. The van der Waals surface area contributed by atoms with E-state index in [0.29, 0.717) is 18.8 Å². The van der Waals surface area contributed by atoms with E-state index in [2.05, 4.69) is 4.90 Å². The molecule has 1 atom stereocenters. The SMILES string of the molecule is Cc1ccc(CN(Cc2ccc(C(O)(C(C)C)C(C)C)o2)CC2CCCO2)o1. The van der Waals surface area contributed by atoms with Crippen molar-refractivity contribution in [3.8, 4) is 0 Å². The van der Waals surface area contributed by atoms with E-state index in [1.54, 1.807) is 0 Å². The largest absolute Gasteiger partial charge is 0.465 e. The highest BCUT2D eigenvalue weighted by Gasteiger charge is 2.39. The number of nitrogens with zero attached hydrogens (tertiary/aromatic N) is 1. The molecule has 0 bridgehead atoms. The molecule has 1 aliphatic heterocycles. The Bertz CT molecular complexity index is 731. The van der Waals surface area contributed by atoms with Crippen LogP contribution in [0.15, 0.2) is 33.1 Å². The molecule has 1 fully saturated rings. The first-order chi connectivity index (χ1) is 13.3. The van der Waals surface area contributed by atoms with Crippen LogP contribution in [0.2, 0.25) is 0 Å². The van der Waals surface area contributed by atoms with E-state index in [0.717, 1.165) is 43.3 Å². The van der Waals surface area contributed by atoms with Crippen molar-refractivity contribution in [2.24, 2.45) is 11.8 Å². The van der Waals surface area contributed by atoms with Gasteiger partial charge in [-0.2, -0.15) is 0 Å². The van der Waals surface area contributed by atoms with Crippen molar-refractivity contribution in [3.05, 3.63) is 47.3 Å². The average Bonchev–Trinajstić information content (AvgIpc) is 3.37. The first kappa shape index (κ1) is 21.2. The van der Waals surface area contributed by atoms with Gasteiger partial charge in [-0.25, -0.2) is 0 Å². The van der Waals surface area contributed by atoms with Crippen LogP contribution in [0, 0.1) is 18.8 Å². The van der Waals surface area contributed by atoms with Crippen LogP contribution in [-0.2, 0) is 23.4 Å². The molecule has 3 rings (SSSR count). The fraction of sp³-hybridized carbons (Fsp3) is 0.652. The summed E-state index contributed by atoms with van der Waals surface area (Å²) in [6.45, 7) is 13.2. The van der Waals surface area contributed by atoms with E-state index >= 15 is 0 Å². The van der Waals surface area contributed by atoms with Gasteiger partial charge in [0.25, 0.3) is 0 Å². The Morgan fingerprint density at radius 3 is 2.21 bits per heavy atom. The molecule has 1 aliphatic rings. The van der Waals surface area contributed by atoms with Crippen molar-refractivity contribution in [2.75, 3.05) is 13.2 Å². The number of hydrogen-bond donors (Lipinski definition) is 1. The zero-order valence-electron chi connectivity index (χ0n) is 17.9. The van der Waals surface area contributed by atoms with Crippen LogP contribution in [-0.4, -0.2) is 29.3 Å². The van der Waals surface area contributed by atoms with Gasteiger partial charge in [-0.05, 0) is 55.9 Å². The fourth-order valence-corrected chi connectivity index (χ4v) is 4.19. The van der Waals surface area contributed by atoms with Crippen molar-refractivity contribution in [2.45, 2.75) is 72.3 Å². The van der Waals surface area contributed by atoms with E-state index in [-0.39, 0.29) is 17.9 Å². The van der Waals surface area contributed by atoms with Crippen molar-refractivity contribution in [1.29, 1.82) is 0 Å². The highest BCUT2D eigenvalue weighted by atomic mass is 16.5. The predicted molar refractivity (Wildman–Crippen MR) is 109 cm³/mol. The molecule has 1 N–H and O–H groups in total. The van der Waals surface area contributed by atoms with Gasteiger partial charge in [-0.15, -0.1) is 0 Å². The maximum absolute atomic E-state index is 11.2. The van der Waals surface area contributed by atoms with Crippen LogP contribution < -0.4 is 0 Å². The Labute approximate surface area is 168 Å². The number of aryl methyl sites for hydroxylation is 1. The van der Waals surface area contributed by atoms with E-state index in [1.165, 1.54) is 0 Å². The molecular weight excluding hydrogens is 354 g/mol. The van der Waals surface area contributed by atoms with Crippen molar-refractivity contribution < 1.29 is 18.7 Å². The van der Waals surface area contributed by atoms with Gasteiger partial charge in [0.05, 0.1) is 19.2 Å². The summed E-state index contributed by atoms with van der Waals surface area (Å²) in [5, 5.41) is 11.2. The minimum atomic E-state index is -0.963. The first-order valence-corrected chi connectivity index (χ1v) is 10.5. The summed E-state index contributed by atoms with van der Waals surface area (Å²) < 4.78 is 17.8. The lowest BCUT2D eigenvalue weighted by Gasteiger charge is -2.34. The highest BCUT2D eigenvalue weighted by molar-refractivity contribution is 5.16. The summed E-state index contributed by atoms with van der Waals surface area (Å²) in [6.07, 6.45) is 2.48. The van der Waals surface area contributed by atoms with Gasteiger partial charge in [-0.3, -0.25) is 4.90 Å². The summed E-state index contributed by atoms with van der Waals surface area (Å²) in [5.41, 5.74) is -0.963. The lowest BCUT2D eigenvalue weighted by molar-refractivity contribution is -0.0712. The van der Waals surface area contributed by atoms with Crippen LogP contribution in [0.25, 0.3) is 0 Å². The second-order valence-corrected chi connectivity index (χ2v) is 8.72. The lowest BCUT2D eigenvalue weighted by atomic mass is 9.78. The molecule has 0 amide bonds. The second kappa shape index (κ2) is 8.85. The van der Waals surface area contributed by atoms with Gasteiger partial charge < -0.3 is 18.7 Å². The molecule has 2 aromatic heterocycles. The minimum absolute atomic E-state index is 0.0700. The molecular formula is C23H35NO4. The van der Waals surface area contributed by atoms with Gasteiger partial charge in [0.2, 0.25) is 0 Å². The lowest BCUT2D eigenvalue weighted by Crippen LogP contribution is -2.37. The third-order valence-electron chi connectivity index (χ3n) is 5.86. The number of furan rings is 2. The fourth-order valence-electron chi connectivity index (χ4n) is 4.19. The molecule has 0 saturated carbocycles. The summed E-state index contributed by atoms with van der Waals surface area (Å²) in [5.74, 6) is 3.52. The Hall–Kier alpha value is -1.56. The standard InChI is InChI=1S/C23H35NO4/c1-16(2)23(25,17(3)4)22-11-10-21(28-22)15-24(13-19-7-6-12-26-19)14-20-9-8-18(5)27-20/h8-11,16-17,19,25H,6-7,12-15H2,1-5H3. The van der Waals surface area contributed by atoms with Gasteiger partial charge in [0, 0.05) is 13.2 Å². The molecule has 0 spiro atoms. The molecule has 0 aliphatic carbocycles. The molecule has 156 valence electrons. The Morgan fingerprint density at radius 2 is 1.68 bits per heavy atom. The zero-order chi connectivity index (χ0) is 20.3. The number of ether oxygens (including phenoxy) is 1. The Balaban J connectivity index is 1.75. The van der Waals surface area contributed by atoms with Crippen molar-refractivity contribution >= 4 is 0 Å². The molecule has 1 unspecified atom stereocenters. The van der Waals surface area contributed by atoms with Crippen LogP contribution in [0.5, 0.6) is 0 Å². The molecule has 0 radical (unpaired) electrons. The summed E-state index contributed by atoms with van der Waals surface area (Å²) in [7, 11) is 0. The first-order valence-electron chi connectivity index (χ1n) is 10.5. The molecule has 5 heteroatoms. The third-order valence-corrected chi connectivity index (χ3v) is 5.86. The van der Waals surface area contributed by atoms with Gasteiger partial charge in [0.15, 0.2) is 0 Å². The average molecular weight is 390 g/mol. The zero-order valence-corrected chi connectivity index (χ0v) is 17.9. The van der Waals surface area contributed by atoms with E-state index in [9.17, 15) is 5.11 Å². The Kier molecular flexibility index (Phi) is 6.69. The summed E-state index contributed by atoms with van der Waals surface area (Å²) >= 11 is 0. The van der Waals surface area contributed by atoms with Crippen molar-refractivity contribution in [3.63, 3.8) is 0 Å². The van der Waals surface area contributed by atoms with Gasteiger partial charge >= 0.3 is 0 Å². The van der Waals surface area contributed by atoms with Crippen LogP contribution in [0.3, 0.4) is 0 Å². The number of hydrogen-bond acceptors (Lipinski definition) is 5. The molecule has 1 saturated heterocycles. The van der Waals surface area contributed by atoms with Gasteiger partial charge in [0.1, 0.15) is 28.6 Å². The summed E-state index contributed by atoms with van der Waals surface area (Å²) in [4.78, 5) is 2.31. The topological polar surface area (TPSA) is 59.0 Å². The van der Waals surface area contributed by atoms with E-state index in [1.807, 2.05) is 58.9 Å². The molecule has 28 heavy (non-hydrogen) atoms. The number of rotatable bonds is 9. The molecule has 0 aromatic carbocycles. The third kappa shape index (κ3) is 4.70. The maximum atomic E-state index is 11.2. The van der Waals surface area contributed by atoms with E-state index < -0.39 is 5.60 Å². The molecule has 5 nitrogen and oxygen atoms in total. The molecule has 2 aromatic rings. The second-order valence-electron chi connectivity index (χ2n) is 8.72. The smallest absolute Gasteiger partial charge is 0.136 e. The minimum Gasteiger partial charge on any atom is -0.465 e. The van der Waals surface area contributed by atoms with Gasteiger partial charge in [-0.1, -0.05) is 27.7 Å². The van der Waals surface area contributed by atoms with Crippen LogP contribution in [0.4, 0.5) is 0 Å². The van der Waals surface area contributed by atoms with E-state index in [4.69, 9.17) is 13.6 Å². The highest BCUT2D eigenvalue weighted by Crippen LogP contribution is 2.37. The quantitative estimate of drug-likeness (QED) is 0.663. The van der Waals surface area contributed by atoms with Crippen LogP contribution in [0.1, 0.15) is 63.6 Å². The monoisotopic (exact) mass is 389 g/mol. The summed E-state index contributed by atoms with van der Waals surface area (Å²) in [6, 6.07) is 7.94. The normalized spacial score (nSPS) is 18.1. The molecule has 3 heterocycles. The Morgan fingerprint density at radius 1 is 1.04 bits per heavy atom. The predicted octanol–water partition coefficient (Wildman–Crippen LogP) is 4.86. The number of aliphatic hydroxyl groups is 1.